The Bertz CT molecular complexity index is 194. The van der Waals surface area contributed by atoms with Gasteiger partial charge in [0.2, 0.25) is 0 Å². The summed E-state index contributed by atoms with van der Waals surface area (Å²) in [4.78, 5) is 0. The fourth-order valence-electron chi connectivity index (χ4n) is 2.25. The topological polar surface area (TPSA) is 32.3 Å². The van der Waals surface area contributed by atoms with Crippen LogP contribution in [0.2, 0.25) is 0 Å². The second-order valence-corrected chi connectivity index (χ2v) is 3.61. The lowest BCUT2D eigenvalue weighted by atomic mass is 9.58. The summed E-state index contributed by atoms with van der Waals surface area (Å²) in [6.45, 7) is 0.568. The molecule has 2 bridgehead atoms. The molecule has 0 spiro atoms. The summed E-state index contributed by atoms with van der Waals surface area (Å²) in [5, 5.41) is 12.2. The fraction of sp³-hybridized carbons (Fsp3) is 1.00. The highest BCUT2D eigenvalue weighted by Crippen LogP contribution is 2.54. The number of aliphatic hydroxyl groups is 1. The van der Waals surface area contributed by atoms with Crippen LogP contribution >= 0.6 is 12.4 Å². The van der Waals surface area contributed by atoms with Crippen molar-refractivity contribution in [3.63, 3.8) is 0 Å². The van der Waals surface area contributed by atoms with Crippen LogP contribution in [0.4, 0.5) is 13.2 Å². The minimum Gasteiger partial charge on any atom is -0.380 e. The smallest absolute Gasteiger partial charge is 0.380 e. The van der Waals surface area contributed by atoms with E-state index in [0.29, 0.717) is 6.42 Å². The van der Waals surface area contributed by atoms with Crippen molar-refractivity contribution in [2.75, 3.05) is 13.1 Å². The van der Waals surface area contributed by atoms with Crippen LogP contribution in [0.3, 0.4) is 0 Å². The molecule has 3 fully saturated rings. The highest BCUT2D eigenvalue weighted by molar-refractivity contribution is 5.85. The van der Waals surface area contributed by atoms with Crippen molar-refractivity contribution in [1.82, 2.24) is 5.32 Å². The molecule has 2 saturated heterocycles. The fourth-order valence-corrected chi connectivity index (χ4v) is 2.25. The maximum atomic E-state index is 12.3. The normalized spacial score (nSPS) is 43.4. The molecule has 0 aromatic rings. The Morgan fingerprint density at radius 2 is 1.69 bits per heavy atom. The molecular formula is C7H11ClF3NO. The van der Waals surface area contributed by atoms with E-state index >= 15 is 0 Å². The number of halogens is 4. The van der Waals surface area contributed by atoms with Gasteiger partial charge in [-0.3, -0.25) is 0 Å². The Hall–Kier alpha value is -0.0000000000000000486. The van der Waals surface area contributed by atoms with Crippen molar-refractivity contribution in [2.24, 2.45) is 11.8 Å². The maximum absolute atomic E-state index is 12.3. The molecule has 0 amide bonds. The van der Waals surface area contributed by atoms with Gasteiger partial charge in [0, 0.05) is 24.9 Å². The predicted molar refractivity (Wildman–Crippen MR) is 42.7 cm³/mol. The van der Waals surface area contributed by atoms with Crippen molar-refractivity contribution in [3.8, 4) is 0 Å². The third kappa shape index (κ3) is 1.25. The molecule has 0 aromatic heterocycles. The zero-order valence-corrected chi connectivity index (χ0v) is 7.58. The molecule has 13 heavy (non-hydrogen) atoms. The number of fused-ring (bicyclic) bond motifs is 2. The quantitative estimate of drug-likeness (QED) is 0.633. The summed E-state index contributed by atoms with van der Waals surface area (Å²) in [5.74, 6) is -1.26. The molecule has 78 valence electrons. The SMILES string of the molecule is Cl.OC1(C(F)(F)F)C2CNCC1C2. The lowest BCUT2D eigenvalue weighted by molar-refractivity contribution is -0.341. The van der Waals surface area contributed by atoms with Gasteiger partial charge in [-0.1, -0.05) is 0 Å². The van der Waals surface area contributed by atoms with Crippen molar-refractivity contribution in [2.45, 2.75) is 18.2 Å². The molecule has 2 aliphatic heterocycles. The zero-order chi connectivity index (χ0) is 8.98. The molecule has 0 aromatic carbocycles. The Labute approximate surface area is 79.9 Å². The highest BCUT2D eigenvalue weighted by Gasteiger charge is 2.70. The third-order valence-electron chi connectivity index (χ3n) is 3.05. The standard InChI is InChI=1S/C7H10F3NO.ClH/c8-7(9,10)6(12)4-1-5(6)3-11-2-4;/h4-5,11-12H,1-3H2;1H. The molecule has 3 rings (SSSR count). The Kier molecular flexibility index (Phi) is 2.56. The lowest BCUT2D eigenvalue weighted by Crippen LogP contribution is -2.72. The van der Waals surface area contributed by atoms with Crippen LogP contribution in [0.1, 0.15) is 6.42 Å². The number of piperidine rings is 2. The highest BCUT2D eigenvalue weighted by atomic mass is 35.5. The molecule has 2 heterocycles. The zero-order valence-electron chi connectivity index (χ0n) is 6.77. The first-order valence-electron chi connectivity index (χ1n) is 3.96. The summed E-state index contributed by atoms with van der Waals surface area (Å²) in [6, 6.07) is 0. The number of hydrogen-bond donors (Lipinski definition) is 2. The largest absolute Gasteiger partial charge is 0.417 e. The molecular weight excluding hydrogens is 207 g/mol. The minimum absolute atomic E-state index is 0. The van der Waals surface area contributed by atoms with E-state index < -0.39 is 23.6 Å². The average molecular weight is 218 g/mol. The molecule has 2 nitrogen and oxygen atoms in total. The number of nitrogens with one attached hydrogen (secondary N) is 1. The lowest BCUT2D eigenvalue weighted by Gasteiger charge is -2.56. The van der Waals surface area contributed by atoms with Crippen LogP contribution in [0.5, 0.6) is 0 Å². The van der Waals surface area contributed by atoms with Crippen LogP contribution in [0, 0.1) is 11.8 Å². The van der Waals surface area contributed by atoms with E-state index in [1.807, 2.05) is 0 Å². The van der Waals surface area contributed by atoms with E-state index in [1.165, 1.54) is 0 Å². The summed E-state index contributed by atoms with van der Waals surface area (Å²) in [7, 11) is 0. The Balaban J connectivity index is 0.000000845. The van der Waals surface area contributed by atoms with E-state index in [-0.39, 0.29) is 25.5 Å². The van der Waals surface area contributed by atoms with Gasteiger partial charge in [-0.2, -0.15) is 13.2 Å². The van der Waals surface area contributed by atoms with E-state index in [2.05, 4.69) is 5.32 Å². The van der Waals surface area contributed by atoms with Crippen LogP contribution in [0.15, 0.2) is 0 Å². The summed E-state index contributed by atoms with van der Waals surface area (Å²) < 4.78 is 37.0. The Morgan fingerprint density at radius 3 is 1.92 bits per heavy atom. The van der Waals surface area contributed by atoms with E-state index in [4.69, 9.17) is 0 Å². The molecule has 0 radical (unpaired) electrons. The molecule has 6 heteroatoms. The molecule has 2 atom stereocenters. The van der Waals surface area contributed by atoms with Crippen LogP contribution in [0.25, 0.3) is 0 Å². The summed E-state index contributed by atoms with van der Waals surface area (Å²) in [5.41, 5.74) is -2.39. The number of hydrogen-bond acceptors (Lipinski definition) is 2. The average Bonchev–Trinajstić information content (AvgIpc) is 2.02. The van der Waals surface area contributed by atoms with Gasteiger partial charge in [-0.05, 0) is 6.42 Å². The van der Waals surface area contributed by atoms with Gasteiger partial charge < -0.3 is 10.4 Å². The van der Waals surface area contributed by atoms with Gasteiger partial charge in [0.25, 0.3) is 0 Å². The second-order valence-electron chi connectivity index (χ2n) is 3.61. The van der Waals surface area contributed by atoms with Gasteiger partial charge in [-0.15, -0.1) is 12.4 Å². The number of rotatable bonds is 0. The van der Waals surface area contributed by atoms with Crippen molar-refractivity contribution in [3.05, 3.63) is 0 Å². The first kappa shape index (κ1) is 11.1. The second kappa shape index (κ2) is 3.00. The van der Waals surface area contributed by atoms with E-state index in [1.54, 1.807) is 0 Å². The number of alkyl halides is 3. The van der Waals surface area contributed by atoms with Crippen molar-refractivity contribution in [1.29, 1.82) is 0 Å². The van der Waals surface area contributed by atoms with Crippen molar-refractivity contribution >= 4 is 12.4 Å². The van der Waals surface area contributed by atoms with E-state index in [0.717, 1.165) is 0 Å². The van der Waals surface area contributed by atoms with Gasteiger partial charge in [0.1, 0.15) is 0 Å². The maximum Gasteiger partial charge on any atom is 0.417 e. The van der Waals surface area contributed by atoms with E-state index in [9.17, 15) is 18.3 Å². The van der Waals surface area contributed by atoms with Gasteiger partial charge in [0.05, 0.1) is 0 Å². The molecule has 2 N–H and O–H groups in total. The monoisotopic (exact) mass is 217 g/mol. The van der Waals surface area contributed by atoms with Gasteiger partial charge in [-0.25, -0.2) is 0 Å². The third-order valence-corrected chi connectivity index (χ3v) is 3.05. The van der Waals surface area contributed by atoms with Crippen LogP contribution < -0.4 is 5.32 Å². The molecule has 1 saturated carbocycles. The van der Waals surface area contributed by atoms with Crippen molar-refractivity contribution < 1.29 is 18.3 Å². The predicted octanol–water partition coefficient (Wildman–Crippen LogP) is 0.941. The van der Waals surface area contributed by atoms with Gasteiger partial charge in [0.15, 0.2) is 5.60 Å². The minimum atomic E-state index is -4.46. The summed E-state index contributed by atoms with van der Waals surface area (Å²) in [6.07, 6.45) is -3.95. The first-order valence-corrected chi connectivity index (χ1v) is 3.96. The Morgan fingerprint density at radius 1 is 1.23 bits per heavy atom. The van der Waals surface area contributed by atoms with Crippen LogP contribution in [-0.4, -0.2) is 30.0 Å². The van der Waals surface area contributed by atoms with Crippen LogP contribution in [-0.2, 0) is 0 Å². The van der Waals surface area contributed by atoms with Gasteiger partial charge >= 0.3 is 6.18 Å². The molecule has 2 unspecified atom stereocenters. The first-order chi connectivity index (χ1) is 5.46. The molecule has 3 aliphatic rings. The molecule has 1 aliphatic carbocycles. The summed E-state index contributed by atoms with van der Waals surface area (Å²) >= 11 is 0.